The van der Waals surface area contributed by atoms with E-state index in [1.807, 2.05) is 33.8 Å². The number of carbonyl (C=O) groups excluding carboxylic acids is 11. The van der Waals surface area contributed by atoms with Crippen LogP contribution in [0.25, 0.3) is 0 Å². The smallest absolute Gasteiger partial charge is 0.186 e. The Morgan fingerprint density at radius 3 is 0.857 bits per heavy atom. The van der Waals surface area contributed by atoms with Gasteiger partial charge < -0.3 is 42.7 Å². The number of esters is 8. The number of aldehydes is 1. The Bertz CT molecular complexity index is 3280. The molecule has 19 nitrogen and oxygen atoms in total. The average molecular weight is 2020 g/mol. The van der Waals surface area contributed by atoms with Crippen LogP contribution in [-0.2, 0) is 90.6 Å². The molecular formula is C97H166I3O19-. The third-order valence-electron chi connectivity index (χ3n) is 23.0. The van der Waals surface area contributed by atoms with Gasteiger partial charge >= 0.3 is 104 Å². The van der Waals surface area contributed by atoms with Gasteiger partial charge in [-0.1, -0.05) is 216 Å². The molecule has 0 aromatic rings. The summed E-state index contributed by atoms with van der Waals surface area (Å²) in [6.45, 7) is 46.2. The zero-order valence-corrected chi connectivity index (χ0v) is 82.7. The molecule has 2 atom stereocenters. The van der Waals surface area contributed by atoms with Crippen LogP contribution in [-0.4, -0.2) is 117 Å². The molecule has 0 radical (unpaired) electrons. The van der Waals surface area contributed by atoms with Crippen LogP contribution >= 0.6 is 37.2 Å². The molecule has 0 heterocycles. The molecule has 0 saturated carbocycles. The fraction of sp³-hybridized carbons (Fsp3) is 0.711. The predicted octanol–water partition coefficient (Wildman–Crippen LogP) is 22.8. The van der Waals surface area contributed by atoms with Crippen molar-refractivity contribution in [2.45, 2.75) is 348 Å². The number of halogens is 3. The minimum atomic E-state index is -0.973. The second-order valence-electron chi connectivity index (χ2n) is 34.2. The van der Waals surface area contributed by atoms with Gasteiger partial charge in [0, 0.05) is 12.3 Å². The maximum Gasteiger partial charge on any atom is 0.373 e. The van der Waals surface area contributed by atoms with Crippen LogP contribution in [0.4, 0.5) is 0 Å². The number of carbonyl (C=O) groups is 9. The van der Waals surface area contributed by atoms with Crippen LogP contribution in [0, 0.1) is 50.7 Å². The van der Waals surface area contributed by atoms with Crippen LogP contribution in [0.5, 0.6) is 0 Å². The Labute approximate surface area is 753 Å². The van der Waals surface area contributed by atoms with Crippen LogP contribution in [0.15, 0.2) is 102 Å². The molecule has 5 aliphatic rings. The van der Waals surface area contributed by atoms with Crippen molar-refractivity contribution >= 4 is 97.4 Å². The summed E-state index contributed by atoms with van der Waals surface area (Å²) < 4.78 is 37.0. The summed E-state index contributed by atoms with van der Waals surface area (Å²) in [6, 6.07) is 0. The first-order chi connectivity index (χ1) is 53.6. The van der Waals surface area contributed by atoms with Crippen molar-refractivity contribution in [3.8, 4) is 0 Å². The van der Waals surface area contributed by atoms with Gasteiger partial charge in [0.05, 0.1) is 63.3 Å². The van der Waals surface area contributed by atoms with Crippen molar-refractivity contribution in [3.05, 3.63) is 102 Å². The van der Waals surface area contributed by atoms with Gasteiger partial charge in [-0.05, 0) is 249 Å². The van der Waals surface area contributed by atoms with E-state index in [1.165, 1.54) is 192 Å². The first-order valence-electron chi connectivity index (χ1n) is 40.8. The normalized spacial score (nSPS) is 17.1. The number of methoxy groups -OCH3 is 8. The van der Waals surface area contributed by atoms with Gasteiger partial charge in [0.1, 0.15) is 11.9 Å². The van der Waals surface area contributed by atoms with Gasteiger partial charge in [0.2, 0.25) is 0 Å². The summed E-state index contributed by atoms with van der Waals surface area (Å²) in [6.07, 6.45) is 37.7. The topological polar surface area (TPSA) is 262 Å². The third kappa shape index (κ3) is 50.3. The van der Waals surface area contributed by atoms with E-state index in [2.05, 4.69) is 186 Å². The van der Waals surface area contributed by atoms with E-state index in [9.17, 15) is 43.2 Å². The SMILES string of the molecule is C.C.C.C.CC1=C(CCC(C)C=O)C(C)(C)CCC1.CCC(=O)OC.COC(=O)C(/C=C(/C)CCC1=C(C)CCCC1(C)C)C(=O)OC.COC(=O)C(/C=C(\C)CCC1=C(C)CCCC1(C)C)C(=O)OC.COC(=O)C(=CC(C)CCC1=C(C)CCCC1(C)C)C(=O)OC.COC(=O)C/C=C(\C)CCC1=C(C)CCCC1(C)C.I[I-]I.O=C=O. The fourth-order valence-corrected chi connectivity index (χ4v) is 16.0. The van der Waals surface area contributed by atoms with Gasteiger partial charge in [-0.25, -0.2) is 9.59 Å². The average Bonchev–Trinajstić information content (AvgIpc) is 0.843. The van der Waals surface area contributed by atoms with E-state index in [0.29, 0.717) is 36.9 Å². The standard InChI is InChI=1S/3C19H30O4.C17H28O2.C14H24O.C4H8O2.CO2.4CH4.I3/c3*1-13(12-15(17(20)22-5)18(21)23-6)9-10-16-14(2)8-7-11-19(16,3)4;1-13(9-11-16(18)19-5)8-10-15-14(2)7-6-12-17(15,3)4;1-11(10-15)7-8-13-12(2)6-5-9-14(13,3)4;1-3-4(5)6-2;2-1-3;;;;;1-3-2/h2*12,15H,7-11H2,1-6H3;12-13H,7-11H2,1-6H3;9H,6-8,10-12H2,1-5H3;10-11H,5-9H2,1-4H3;3H2,1-2H3;;4*1H4;/q;;;;;;;;;;;-1/b13-12+;13-12-;;13-9+;;;;;;;;. The summed E-state index contributed by atoms with van der Waals surface area (Å²) in [5.74, 6) is -5.55. The number of hydrogen-bond donors (Lipinski definition) is 0. The van der Waals surface area contributed by atoms with Gasteiger partial charge in [-0.3, -0.25) is 28.8 Å². The molecule has 0 saturated heterocycles. The first-order valence-corrected chi connectivity index (χ1v) is 53.3. The molecule has 22 heteroatoms. The summed E-state index contributed by atoms with van der Waals surface area (Å²) in [4.78, 5) is 118. The molecule has 0 aromatic heterocycles. The van der Waals surface area contributed by atoms with E-state index in [4.69, 9.17) is 9.59 Å². The summed E-state index contributed by atoms with van der Waals surface area (Å²) in [7, 11) is 10.5. The maximum atomic E-state index is 11.7. The summed E-state index contributed by atoms with van der Waals surface area (Å²) in [5, 5.41) is 0. The van der Waals surface area contributed by atoms with Crippen molar-refractivity contribution in [2.24, 2.45) is 50.7 Å². The van der Waals surface area contributed by atoms with E-state index in [-0.39, 0.29) is 81.5 Å². The number of rotatable bonds is 28. The molecule has 0 fully saturated rings. The second-order valence-corrected chi connectivity index (χ2v) is 50.4. The van der Waals surface area contributed by atoms with Crippen molar-refractivity contribution in [3.63, 3.8) is 0 Å². The van der Waals surface area contributed by atoms with Crippen LogP contribution < -0.4 is 13.3 Å². The summed E-state index contributed by atoms with van der Waals surface area (Å²) in [5.41, 5.74) is 20.2. The molecule has 0 amide bonds. The molecule has 690 valence electrons. The van der Waals surface area contributed by atoms with Crippen LogP contribution in [0.3, 0.4) is 0 Å². The van der Waals surface area contributed by atoms with Crippen molar-refractivity contribution < 1.29 is 104 Å². The van der Waals surface area contributed by atoms with Crippen LogP contribution in [0.2, 0.25) is 0 Å². The molecule has 0 aliphatic heterocycles. The Morgan fingerprint density at radius 2 is 0.647 bits per heavy atom. The van der Waals surface area contributed by atoms with E-state index < -0.39 is 47.7 Å². The number of allylic oxidation sites excluding steroid dienone is 14. The summed E-state index contributed by atoms with van der Waals surface area (Å²) >= 11 is 5.30. The number of ether oxygens (including phenoxy) is 8. The van der Waals surface area contributed by atoms with Gasteiger partial charge in [-0.15, -0.1) is 0 Å². The Hall–Kier alpha value is -5.34. The molecule has 0 bridgehead atoms. The Balaban J connectivity index is -0.000000254. The predicted molar refractivity (Wildman–Crippen MR) is 500 cm³/mol. The van der Waals surface area contributed by atoms with Crippen molar-refractivity contribution in [2.75, 3.05) is 56.9 Å². The van der Waals surface area contributed by atoms with E-state index >= 15 is 0 Å². The Kier molecular flexibility index (Phi) is 71.5. The largest absolute Gasteiger partial charge is 0.373 e. The second kappa shape index (κ2) is 67.1. The molecule has 5 aliphatic carbocycles. The van der Waals surface area contributed by atoms with Crippen LogP contribution in [0.1, 0.15) is 348 Å². The van der Waals surface area contributed by atoms with Gasteiger partial charge in [0.25, 0.3) is 0 Å². The molecule has 2 unspecified atom stereocenters. The molecule has 5 rings (SSSR count). The van der Waals surface area contributed by atoms with Gasteiger partial charge in [0.15, 0.2) is 11.8 Å². The molecular weight excluding hydrogens is 1850 g/mol. The van der Waals surface area contributed by atoms with E-state index in [0.717, 1.165) is 81.6 Å². The van der Waals surface area contributed by atoms with Gasteiger partial charge in [-0.2, -0.15) is 9.59 Å². The molecule has 0 aromatic carbocycles. The molecule has 0 spiro atoms. The van der Waals surface area contributed by atoms with Crippen molar-refractivity contribution in [1.82, 2.24) is 0 Å². The number of hydrogen-bond acceptors (Lipinski definition) is 19. The van der Waals surface area contributed by atoms with Crippen molar-refractivity contribution in [1.29, 1.82) is 0 Å². The fourth-order valence-electron chi connectivity index (χ4n) is 16.0. The third-order valence-corrected chi connectivity index (χ3v) is 23.0. The Morgan fingerprint density at radius 1 is 0.403 bits per heavy atom. The monoisotopic (exact) mass is 2020 g/mol. The quantitative estimate of drug-likeness (QED) is 0.0103. The maximum absolute atomic E-state index is 11.7. The molecule has 0 N–H and O–H groups in total. The minimum absolute atomic E-state index is 0. The zero-order chi connectivity index (χ0) is 89.2. The minimum Gasteiger partial charge on any atom is -0.186 e. The van der Waals surface area contributed by atoms with E-state index in [1.54, 1.807) is 47.4 Å². The first kappa shape index (κ1) is 127. The zero-order valence-electron chi connectivity index (χ0n) is 76.2. The molecule has 119 heavy (non-hydrogen) atoms.